The number of rotatable bonds is 9. The van der Waals surface area contributed by atoms with Crippen molar-refractivity contribution in [3.63, 3.8) is 0 Å². The molecule has 5 heteroatoms. The van der Waals surface area contributed by atoms with Crippen molar-refractivity contribution in [3.8, 4) is 11.5 Å². The van der Waals surface area contributed by atoms with Gasteiger partial charge in [0.15, 0.2) is 17.3 Å². The Bertz CT molecular complexity index is 934. The summed E-state index contributed by atoms with van der Waals surface area (Å²) in [7, 11) is 1.56. The van der Waals surface area contributed by atoms with Crippen molar-refractivity contribution in [2.45, 2.75) is 57.5 Å². The SMILES string of the molecule is COc1cc(C(C)=O)ccc1OCCCC(=O)N(C1CC1)C1CCc2ccccc21. The molecule has 30 heavy (non-hydrogen) atoms. The van der Waals surface area contributed by atoms with Crippen molar-refractivity contribution in [1.82, 2.24) is 4.90 Å². The van der Waals surface area contributed by atoms with Crippen LogP contribution in [0.5, 0.6) is 11.5 Å². The normalized spacial score (nSPS) is 17.3. The highest BCUT2D eigenvalue weighted by molar-refractivity contribution is 5.94. The van der Waals surface area contributed by atoms with Crippen LogP contribution in [-0.2, 0) is 11.2 Å². The van der Waals surface area contributed by atoms with E-state index in [2.05, 4.69) is 29.2 Å². The van der Waals surface area contributed by atoms with Crippen LogP contribution in [0.4, 0.5) is 0 Å². The number of amides is 1. The van der Waals surface area contributed by atoms with Gasteiger partial charge in [0, 0.05) is 18.0 Å². The van der Waals surface area contributed by atoms with Crippen molar-refractivity contribution < 1.29 is 19.1 Å². The lowest BCUT2D eigenvalue weighted by Gasteiger charge is -2.30. The van der Waals surface area contributed by atoms with Gasteiger partial charge in [0.25, 0.3) is 0 Å². The molecule has 0 radical (unpaired) electrons. The Morgan fingerprint density at radius 1 is 1.07 bits per heavy atom. The average Bonchev–Trinajstić information content (AvgIpc) is 3.50. The van der Waals surface area contributed by atoms with Crippen molar-refractivity contribution in [2.75, 3.05) is 13.7 Å². The number of nitrogens with zero attached hydrogens (tertiary/aromatic N) is 1. The number of Topliss-reactive ketones (excluding diaryl/α,β-unsaturated/α-hetero) is 1. The molecule has 0 heterocycles. The van der Waals surface area contributed by atoms with Gasteiger partial charge in [-0.2, -0.15) is 0 Å². The maximum absolute atomic E-state index is 13.1. The lowest BCUT2D eigenvalue weighted by atomic mass is 10.1. The van der Waals surface area contributed by atoms with E-state index in [-0.39, 0.29) is 17.7 Å². The van der Waals surface area contributed by atoms with Crippen LogP contribution in [0.25, 0.3) is 0 Å². The van der Waals surface area contributed by atoms with Gasteiger partial charge < -0.3 is 14.4 Å². The van der Waals surface area contributed by atoms with E-state index in [4.69, 9.17) is 9.47 Å². The highest BCUT2D eigenvalue weighted by Gasteiger charge is 2.39. The number of aryl methyl sites for hydroxylation is 1. The lowest BCUT2D eigenvalue weighted by Crippen LogP contribution is -2.36. The summed E-state index contributed by atoms with van der Waals surface area (Å²) in [6.07, 6.45) is 5.42. The minimum atomic E-state index is -0.0147. The second-order valence-electron chi connectivity index (χ2n) is 8.16. The van der Waals surface area contributed by atoms with Gasteiger partial charge in [0.2, 0.25) is 5.91 Å². The van der Waals surface area contributed by atoms with E-state index in [1.807, 2.05) is 0 Å². The average molecular weight is 408 g/mol. The van der Waals surface area contributed by atoms with E-state index in [1.165, 1.54) is 18.1 Å². The van der Waals surface area contributed by atoms with Crippen molar-refractivity contribution in [2.24, 2.45) is 0 Å². The fourth-order valence-corrected chi connectivity index (χ4v) is 4.35. The molecule has 4 rings (SSSR count). The smallest absolute Gasteiger partial charge is 0.223 e. The predicted octanol–water partition coefficient (Wildman–Crippen LogP) is 4.74. The van der Waals surface area contributed by atoms with Crippen LogP contribution in [0.2, 0.25) is 0 Å². The first-order valence-corrected chi connectivity index (χ1v) is 10.8. The molecule has 0 bridgehead atoms. The highest BCUT2D eigenvalue weighted by Crippen LogP contribution is 2.42. The number of methoxy groups -OCH3 is 1. The van der Waals surface area contributed by atoms with Crippen molar-refractivity contribution in [3.05, 3.63) is 59.2 Å². The molecule has 0 N–H and O–H groups in total. The Labute approximate surface area is 178 Å². The third kappa shape index (κ3) is 4.35. The molecule has 1 unspecified atom stereocenters. The second-order valence-corrected chi connectivity index (χ2v) is 8.16. The summed E-state index contributed by atoms with van der Waals surface area (Å²) in [4.78, 5) is 26.8. The maximum Gasteiger partial charge on any atom is 0.223 e. The van der Waals surface area contributed by atoms with Gasteiger partial charge in [0.05, 0.1) is 19.8 Å². The molecule has 0 aliphatic heterocycles. The number of hydrogen-bond acceptors (Lipinski definition) is 4. The molecule has 158 valence electrons. The maximum atomic E-state index is 13.1. The van der Waals surface area contributed by atoms with Crippen LogP contribution in [0.1, 0.15) is 66.6 Å². The van der Waals surface area contributed by atoms with Crippen LogP contribution < -0.4 is 9.47 Å². The number of hydrogen-bond donors (Lipinski definition) is 0. The molecule has 1 saturated carbocycles. The molecule has 2 aromatic rings. The predicted molar refractivity (Wildman–Crippen MR) is 115 cm³/mol. The second kappa shape index (κ2) is 8.90. The van der Waals surface area contributed by atoms with Crippen molar-refractivity contribution in [1.29, 1.82) is 0 Å². The van der Waals surface area contributed by atoms with Gasteiger partial charge in [-0.3, -0.25) is 9.59 Å². The van der Waals surface area contributed by atoms with E-state index in [0.717, 1.165) is 25.7 Å². The molecule has 2 aromatic carbocycles. The van der Waals surface area contributed by atoms with Crippen LogP contribution in [0.15, 0.2) is 42.5 Å². The van der Waals surface area contributed by atoms with Gasteiger partial charge in [-0.1, -0.05) is 24.3 Å². The van der Waals surface area contributed by atoms with E-state index in [9.17, 15) is 9.59 Å². The van der Waals surface area contributed by atoms with Crippen LogP contribution >= 0.6 is 0 Å². The van der Waals surface area contributed by atoms with Gasteiger partial charge >= 0.3 is 0 Å². The van der Waals surface area contributed by atoms with Crippen LogP contribution in [0.3, 0.4) is 0 Å². The molecular weight excluding hydrogens is 378 g/mol. The summed E-state index contributed by atoms with van der Waals surface area (Å²) in [5.74, 6) is 1.34. The number of benzene rings is 2. The molecule has 2 aliphatic rings. The van der Waals surface area contributed by atoms with Crippen LogP contribution in [-0.4, -0.2) is 36.3 Å². The van der Waals surface area contributed by atoms with Gasteiger partial charge in [-0.15, -0.1) is 0 Å². The molecule has 1 fully saturated rings. The summed E-state index contributed by atoms with van der Waals surface area (Å²) in [5.41, 5.74) is 3.29. The zero-order valence-electron chi connectivity index (χ0n) is 17.7. The van der Waals surface area contributed by atoms with E-state index in [0.29, 0.717) is 42.6 Å². The number of fused-ring (bicyclic) bond motifs is 1. The third-order valence-corrected chi connectivity index (χ3v) is 6.03. The largest absolute Gasteiger partial charge is 0.493 e. The van der Waals surface area contributed by atoms with E-state index < -0.39 is 0 Å². The molecule has 5 nitrogen and oxygen atoms in total. The van der Waals surface area contributed by atoms with E-state index >= 15 is 0 Å². The first kappa shape index (κ1) is 20.5. The third-order valence-electron chi connectivity index (χ3n) is 6.03. The topological polar surface area (TPSA) is 55.8 Å². The molecule has 0 aromatic heterocycles. The van der Waals surface area contributed by atoms with Crippen LogP contribution in [0, 0.1) is 0 Å². The zero-order valence-corrected chi connectivity index (χ0v) is 17.7. The van der Waals surface area contributed by atoms with Gasteiger partial charge in [0.1, 0.15) is 0 Å². The summed E-state index contributed by atoms with van der Waals surface area (Å²) in [6.45, 7) is 1.95. The zero-order chi connectivity index (χ0) is 21.1. The molecule has 1 amide bonds. The molecule has 2 aliphatic carbocycles. The van der Waals surface area contributed by atoms with Gasteiger partial charge in [-0.05, 0) is 68.4 Å². The minimum Gasteiger partial charge on any atom is -0.493 e. The first-order valence-electron chi connectivity index (χ1n) is 10.8. The molecule has 1 atom stereocenters. The summed E-state index contributed by atoms with van der Waals surface area (Å²) in [5, 5.41) is 0. The number of carbonyl (C=O) groups is 2. The molecular formula is C25H29NO4. The number of ether oxygens (including phenoxy) is 2. The Kier molecular flexibility index (Phi) is 6.07. The molecule has 0 spiro atoms. The monoisotopic (exact) mass is 407 g/mol. The Morgan fingerprint density at radius 3 is 2.60 bits per heavy atom. The van der Waals surface area contributed by atoms with Crippen molar-refractivity contribution >= 4 is 11.7 Å². The standard InChI is InChI=1S/C25H29NO4/c1-17(27)19-10-14-23(24(16-19)29-2)30-15-5-8-25(28)26(20-11-12-20)22-13-9-18-6-3-4-7-21(18)22/h3-4,6-7,10,14,16,20,22H,5,8-9,11-13,15H2,1-2H3. The Hall–Kier alpha value is -2.82. The number of ketones is 1. The summed E-state index contributed by atoms with van der Waals surface area (Å²) >= 11 is 0. The summed E-state index contributed by atoms with van der Waals surface area (Å²) in [6, 6.07) is 14.3. The number of carbonyl (C=O) groups excluding carboxylic acids is 2. The lowest BCUT2D eigenvalue weighted by molar-refractivity contribution is -0.134. The summed E-state index contributed by atoms with van der Waals surface area (Å²) < 4.78 is 11.2. The first-order chi connectivity index (χ1) is 14.6. The quantitative estimate of drug-likeness (QED) is 0.445. The fourth-order valence-electron chi connectivity index (χ4n) is 4.35. The highest BCUT2D eigenvalue weighted by atomic mass is 16.5. The fraction of sp³-hybridized carbons (Fsp3) is 0.440. The van der Waals surface area contributed by atoms with E-state index in [1.54, 1.807) is 25.3 Å². The Morgan fingerprint density at radius 2 is 1.87 bits per heavy atom. The Balaban J connectivity index is 1.34. The minimum absolute atomic E-state index is 0.0147. The van der Waals surface area contributed by atoms with Gasteiger partial charge in [-0.25, -0.2) is 0 Å². The molecule has 0 saturated heterocycles.